The van der Waals surface area contributed by atoms with Crippen LogP contribution in [0, 0.1) is 35.8 Å². The van der Waals surface area contributed by atoms with E-state index >= 15 is 0 Å². The highest BCUT2D eigenvalue weighted by Gasteiger charge is 2.22. The maximum atomic E-state index is 9.34. The van der Waals surface area contributed by atoms with Gasteiger partial charge >= 0.3 is 0 Å². The Kier molecular flexibility index (Phi) is 10.4. The van der Waals surface area contributed by atoms with Crippen LogP contribution in [0.25, 0.3) is 132 Å². The van der Waals surface area contributed by atoms with Crippen LogP contribution >= 0.6 is 0 Å². The molecule has 0 aliphatic heterocycles. The van der Waals surface area contributed by atoms with Gasteiger partial charge in [0.15, 0.2) is 0 Å². The number of hydrogen-bond donors (Lipinski definition) is 0. The van der Waals surface area contributed by atoms with Gasteiger partial charge in [-0.1, -0.05) is 73.8 Å². The van der Waals surface area contributed by atoms with Crippen molar-refractivity contribution in [3.05, 3.63) is 217 Å². The average molecular weight is 919 g/mol. The summed E-state index contributed by atoms with van der Waals surface area (Å²) in [5, 5.41) is 24.9. The summed E-state index contributed by atoms with van der Waals surface area (Å²) in [6.07, 6.45) is 14.2. The van der Waals surface area contributed by atoms with Gasteiger partial charge in [-0.05, 0) is 127 Å². The smallest absolute Gasteiger partial charge is 0.269 e. The molecule has 0 fully saturated rings. The highest BCUT2D eigenvalue weighted by atomic mass is 14.9. The Morgan fingerprint density at radius 3 is 0.806 bits per heavy atom. The van der Waals surface area contributed by atoms with Crippen LogP contribution in [0.3, 0.4) is 0 Å². The molecule has 330 valence electrons. The van der Waals surface area contributed by atoms with Crippen LogP contribution in [0.5, 0.6) is 0 Å². The Morgan fingerprint density at radius 2 is 0.583 bits per heavy atom. The summed E-state index contributed by atoms with van der Waals surface area (Å²) in [5.41, 5.74) is 14.4. The fourth-order valence-electron chi connectivity index (χ4n) is 9.27. The molecule has 12 aromatic rings. The molecule has 0 bridgehead atoms. The fourth-order valence-corrected chi connectivity index (χ4v) is 9.27. The number of rotatable bonds is 8. The fraction of sp³-hybridized carbons (Fsp3) is 0. The van der Waals surface area contributed by atoms with Crippen molar-refractivity contribution in [2.75, 3.05) is 0 Å². The molecule has 8 heterocycles. The van der Waals surface area contributed by atoms with Crippen molar-refractivity contribution in [3.8, 4) is 102 Å². The summed E-state index contributed by atoms with van der Waals surface area (Å²) in [6, 6.07) is 47.8. The van der Waals surface area contributed by atoms with E-state index in [0.29, 0.717) is 23.0 Å². The van der Waals surface area contributed by atoms with E-state index in [1.165, 1.54) is 0 Å². The minimum Gasteiger partial charge on any atom is -0.361 e. The molecule has 0 saturated heterocycles. The molecular weight excluding hydrogens is 889 g/mol. The molecule has 4 aromatic carbocycles. The van der Waals surface area contributed by atoms with E-state index in [1.807, 2.05) is 73.3 Å². The lowest BCUT2D eigenvalue weighted by molar-refractivity contribution is 1.24. The second-order valence-electron chi connectivity index (χ2n) is 16.9. The first-order chi connectivity index (χ1) is 35.5. The van der Waals surface area contributed by atoms with Gasteiger partial charge in [0.25, 0.3) is 11.6 Å². The third-order valence-electron chi connectivity index (χ3n) is 12.9. The van der Waals surface area contributed by atoms with Crippen molar-refractivity contribution < 1.29 is 0 Å². The molecule has 72 heavy (non-hydrogen) atoms. The predicted octanol–water partition coefficient (Wildman–Crippen LogP) is 13.9. The van der Waals surface area contributed by atoms with Crippen LogP contribution in [-0.2, 0) is 0 Å². The van der Waals surface area contributed by atoms with Gasteiger partial charge in [0.05, 0.1) is 22.8 Å². The minimum atomic E-state index is 0.322. The quantitative estimate of drug-likeness (QED) is 0.106. The van der Waals surface area contributed by atoms with Gasteiger partial charge in [-0.15, -0.1) is 9.97 Å². The molecule has 0 radical (unpaired) electrons. The lowest BCUT2D eigenvalue weighted by Gasteiger charge is -2.21. The van der Waals surface area contributed by atoms with Gasteiger partial charge in [-0.2, -0.15) is 10.5 Å². The van der Waals surface area contributed by atoms with E-state index in [-0.39, 0.29) is 0 Å². The first-order valence-corrected chi connectivity index (χ1v) is 22.5. The van der Waals surface area contributed by atoms with Gasteiger partial charge in [0.2, 0.25) is 0 Å². The molecule has 0 aliphatic rings. The van der Waals surface area contributed by atoms with Gasteiger partial charge in [0, 0.05) is 81.7 Å². The number of aromatic nitrogens is 8. The Bertz CT molecular complexity index is 3680. The number of pyridine rings is 8. The van der Waals surface area contributed by atoms with Crippen molar-refractivity contribution in [2.45, 2.75) is 0 Å². The van der Waals surface area contributed by atoms with E-state index in [9.17, 15) is 10.5 Å². The molecule has 0 amide bonds. The van der Waals surface area contributed by atoms with Crippen LogP contribution in [0.1, 0.15) is 11.4 Å². The molecule has 12 heteroatoms. The Hall–Kier alpha value is -10.9. The van der Waals surface area contributed by atoms with Crippen molar-refractivity contribution in [3.63, 3.8) is 0 Å². The first-order valence-electron chi connectivity index (χ1n) is 22.5. The van der Waals surface area contributed by atoms with Crippen LogP contribution in [-0.4, -0.2) is 39.9 Å². The van der Waals surface area contributed by atoms with Crippen LogP contribution < -0.4 is 0 Å². The Morgan fingerprint density at radius 1 is 0.306 bits per heavy atom. The summed E-state index contributed by atoms with van der Waals surface area (Å²) >= 11 is 0. The molecule has 0 saturated carbocycles. The van der Waals surface area contributed by atoms with Crippen LogP contribution in [0.4, 0.5) is 11.6 Å². The molecular formula is C60H30N12. The predicted molar refractivity (Wildman–Crippen MR) is 278 cm³/mol. The normalized spacial score (nSPS) is 11.0. The standard InChI is InChI=1S/C60H30N12/c1-63-57-21-9-41(33-71-57)55-19-7-37(29-69-55)51-23-49(35-5-17-53(67-27-35)39-3-11-43(25-61)65-31-39)45-13-14-46-50(36-6-18-54(68-28-36)40-4-12-44(26-62)66-32-40)24-52(48-16-15-47(51)59(45)60(46)48)38-8-20-56(70-30-38)42-10-22-58(64-2)72-34-42/h3-24,27-34H. The van der Waals surface area contributed by atoms with E-state index in [1.54, 1.807) is 49.1 Å². The first kappa shape index (κ1) is 42.4. The Labute approximate surface area is 411 Å². The molecule has 8 aromatic heterocycles. The molecule has 0 aliphatic carbocycles. The van der Waals surface area contributed by atoms with E-state index in [0.717, 1.165) is 122 Å². The zero-order valence-corrected chi connectivity index (χ0v) is 37.7. The third kappa shape index (κ3) is 7.49. The molecule has 0 spiro atoms. The van der Waals surface area contributed by atoms with Crippen molar-refractivity contribution in [2.24, 2.45) is 0 Å². The zero-order valence-electron chi connectivity index (χ0n) is 37.7. The monoisotopic (exact) mass is 918 g/mol. The topological polar surface area (TPSA) is 159 Å². The molecule has 12 rings (SSSR count). The van der Waals surface area contributed by atoms with E-state index in [2.05, 4.69) is 102 Å². The molecule has 12 nitrogen and oxygen atoms in total. The number of hydrogen-bond acceptors (Lipinski definition) is 10. The second kappa shape index (κ2) is 17.6. The summed E-state index contributed by atoms with van der Waals surface area (Å²) in [6.45, 7) is 14.7. The second-order valence-corrected chi connectivity index (χ2v) is 16.9. The third-order valence-corrected chi connectivity index (χ3v) is 12.9. The zero-order chi connectivity index (χ0) is 48.7. The lowest BCUT2D eigenvalue weighted by Crippen LogP contribution is -1.96. The van der Waals surface area contributed by atoms with Crippen molar-refractivity contribution in [1.29, 1.82) is 10.5 Å². The van der Waals surface area contributed by atoms with Gasteiger partial charge < -0.3 is 9.69 Å². The molecule has 0 atom stereocenters. The Balaban J connectivity index is 1.08. The summed E-state index contributed by atoms with van der Waals surface area (Å²) < 4.78 is 0. The van der Waals surface area contributed by atoms with Gasteiger partial charge in [-0.25, -0.2) is 9.97 Å². The highest BCUT2D eigenvalue weighted by molar-refractivity contribution is 6.32. The number of nitrogens with zero attached hydrogens (tertiary/aromatic N) is 12. The number of nitriles is 2. The molecule has 0 N–H and O–H groups in total. The summed E-state index contributed by atoms with van der Waals surface area (Å²) in [7, 11) is 0. The molecule has 0 unspecified atom stereocenters. The SMILES string of the molecule is [C-]#[N+]c1ccc(-c2ccc(-c3cc(-c4ccc(-c5ccc(C#N)nc5)nc4)c4ccc5c(-c6ccc(-c7ccc(C#N)nc7)nc6)cc(-c6ccc(-c7ccc([N+]#[C-])nc7)nc6)c6ccc3c4c56)cn2)cn1. The van der Waals surface area contributed by atoms with E-state index < -0.39 is 0 Å². The average Bonchev–Trinajstić information content (AvgIpc) is 3.46. The minimum absolute atomic E-state index is 0.322. The maximum absolute atomic E-state index is 9.34. The lowest BCUT2D eigenvalue weighted by atomic mass is 9.82. The highest BCUT2D eigenvalue weighted by Crippen LogP contribution is 2.48. The van der Waals surface area contributed by atoms with Crippen LogP contribution in [0.2, 0.25) is 0 Å². The van der Waals surface area contributed by atoms with Gasteiger partial charge in [-0.3, -0.25) is 19.9 Å². The summed E-state index contributed by atoms with van der Waals surface area (Å²) in [5.74, 6) is 0.644. The number of benzene rings is 4. The van der Waals surface area contributed by atoms with E-state index in [4.69, 9.17) is 33.1 Å². The maximum Gasteiger partial charge on any atom is 0.269 e. The van der Waals surface area contributed by atoms with Crippen molar-refractivity contribution in [1.82, 2.24) is 39.9 Å². The van der Waals surface area contributed by atoms with Gasteiger partial charge in [0.1, 0.15) is 35.9 Å². The van der Waals surface area contributed by atoms with Crippen molar-refractivity contribution >= 4 is 44.0 Å². The summed E-state index contributed by atoms with van der Waals surface area (Å²) in [4.78, 5) is 43.7. The largest absolute Gasteiger partial charge is 0.361 e. The van der Waals surface area contributed by atoms with Crippen LogP contribution in [0.15, 0.2) is 183 Å².